The fraction of sp³-hybridized carbons (Fsp3) is 0.520. The van der Waals surface area contributed by atoms with Crippen LogP contribution >= 0.6 is 0 Å². The molecule has 2 heterocycles. The fourth-order valence-corrected chi connectivity index (χ4v) is 4.63. The average Bonchev–Trinajstić information content (AvgIpc) is 3.22. The minimum Gasteiger partial charge on any atom is -0.440 e. The van der Waals surface area contributed by atoms with E-state index in [-0.39, 0.29) is 11.8 Å². The van der Waals surface area contributed by atoms with E-state index in [1.54, 1.807) is 0 Å². The molecule has 0 radical (unpaired) electrons. The number of hydrogen-bond acceptors (Lipinski definition) is 7. The molecule has 0 atom stereocenters. The normalized spacial score (nSPS) is 17.5. The minimum atomic E-state index is -0.630. The van der Waals surface area contributed by atoms with E-state index in [2.05, 4.69) is 34.2 Å². The quantitative estimate of drug-likeness (QED) is 0.508. The molecule has 1 amide bonds. The number of aromatic nitrogens is 3. The number of nitrogens with zero attached hydrogens (tertiary/aromatic N) is 4. The highest BCUT2D eigenvalue weighted by Crippen LogP contribution is 2.44. The number of nitrogens with one attached hydrogen (secondary N) is 1. The lowest BCUT2D eigenvalue weighted by atomic mass is 9.96. The first-order chi connectivity index (χ1) is 16.1. The molecule has 0 aliphatic heterocycles. The van der Waals surface area contributed by atoms with Gasteiger partial charge in [0.05, 0.1) is 6.54 Å². The molecule has 174 valence electrons. The lowest BCUT2D eigenvalue weighted by Crippen LogP contribution is -2.45. The second-order valence-corrected chi connectivity index (χ2v) is 9.09. The molecule has 0 unspecified atom stereocenters. The van der Waals surface area contributed by atoms with E-state index < -0.39 is 5.54 Å². The molecule has 8 heteroatoms. The molecule has 0 saturated heterocycles. The van der Waals surface area contributed by atoms with E-state index in [4.69, 9.17) is 13.9 Å². The first kappa shape index (κ1) is 21.8. The summed E-state index contributed by atoms with van der Waals surface area (Å²) >= 11 is 0. The van der Waals surface area contributed by atoms with Crippen LogP contribution in [0.4, 0.5) is 0 Å². The number of amides is 1. The Morgan fingerprint density at radius 1 is 1.12 bits per heavy atom. The third-order valence-electron chi connectivity index (χ3n) is 6.80. The van der Waals surface area contributed by atoms with Gasteiger partial charge < -0.3 is 14.3 Å². The Hall–Kier alpha value is -3.00. The van der Waals surface area contributed by atoms with Gasteiger partial charge in [-0.3, -0.25) is 9.69 Å². The lowest BCUT2D eigenvalue weighted by Gasteiger charge is -2.26. The summed E-state index contributed by atoms with van der Waals surface area (Å²) in [6.45, 7) is 6.66. The SMILES string of the molecule is CCN(CC)Cc1nc(C2(NC(=O)c3nc(-c4ccccc4)oc3C3CC3)CCCC2)no1. The van der Waals surface area contributed by atoms with Crippen molar-refractivity contribution in [3.05, 3.63) is 53.5 Å². The largest absolute Gasteiger partial charge is 0.440 e. The third-order valence-corrected chi connectivity index (χ3v) is 6.80. The van der Waals surface area contributed by atoms with Gasteiger partial charge >= 0.3 is 0 Å². The van der Waals surface area contributed by atoms with Gasteiger partial charge in [0.25, 0.3) is 5.91 Å². The van der Waals surface area contributed by atoms with Crippen molar-refractivity contribution in [3.63, 3.8) is 0 Å². The van der Waals surface area contributed by atoms with Crippen molar-refractivity contribution >= 4 is 5.91 Å². The van der Waals surface area contributed by atoms with Crippen LogP contribution in [-0.4, -0.2) is 39.0 Å². The van der Waals surface area contributed by atoms with Gasteiger partial charge in [0, 0.05) is 11.5 Å². The van der Waals surface area contributed by atoms with Gasteiger partial charge in [-0.2, -0.15) is 4.98 Å². The summed E-state index contributed by atoms with van der Waals surface area (Å²) in [5.74, 6) is 2.37. The van der Waals surface area contributed by atoms with Crippen molar-refractivity contribution in [2.75, 3.05) is 13.1 Å². The van der Waals surface area contributed by atoms with Crippen LogP contribution in [0.1, 0.15) is 86.3 Å². The van der Waals surface area contributed by atoms with Crippen LogP contribution < -0.4 is 5.32 Å². The van der Waals surface area contributed by atoms with E-state index in [9.17, 15) is 4.79 Å². The van der Waals surface area contributed by atoms with Crippen molar-refractivity contribution < 1.29 is 13.7 Å². The number of oxazole rings is 1. The van der Waals surface area contributed by atoms with Crippen LogP contribution in [0.5, 0.6) is 0 Å². The molecule has 8 nitrogen and oxygen atoms in total. The Morgan fingerprint density at radius 2 is 1.85 bits per heavy atom. The van der Waals surface area contributed by atoms with Crippen molar-refractivity contribution in [1.29, 1.82) is 0 Å². The molecule has 5 rings (SSSR count). The predicted octanol–water partition coefficient (Wildman–Crippen LogP) is 4.64. The minimum absolute atomic E-state index is 0.222. The Morgan fingerprint density at radius 3 is 2.52 bits per heavy atom. The monoisotopic (exact) mass is 449 g/mol. The molecule has 2 aliphatic rings. The number of carbonyl (C=O) groups is 1. The van der Waals surface area contributed by atoms with Gasteiger partial charge in [0.15, 0.2) is 11.5 Å². The zero-order chi connectivity index (χ0) is 22.8. The maximum atomic E-state index is 13.5. The summed E-state index contributed by atoms with van der Waals surface area (Å²) in [5.41, 5.74) is 0.622. The van der Waals surface area contributed by atoms with Gasteiger partial charge in [-0.1, -0.05) is 50.0 Å². The van der Waals surface area contributed by atoms with Gasteiger partial charge in [-0.05, 0) is 50.9 Å². The fourth-order valence-electron chi connectivity index (χ4n) is 4.63. The number of rotatable bonds is 9. The van der Waals surface area contributed by atoms with E-state index in [0.29, 0.717) is 35.6 Å². The van der Waals surface area contributed by atoms with Crippen molar-refractivity contribution in [2.45, 2.75) is 70.4 Å². The van der Waals surface area contributed by atoms with E-state index >= 15 is 0 Å². The maximum Gasteiger partial charge on any atom is 0.274 e. The Labute approximate surface area is 193 Å². The highest BCUT2D eigenvalue weighted by atomic mass is 16.5. The summed E-state index contributed by atoms with van der Waals surface area (Å²) in [4.78, 5) is 25.1. The molecule has 1 N–H and O–H groups in total. The maximum absolute atomic E-state index is 13.5. The lowest BCUT2D eigenvalue weighted by molar-refractivity contribution is 0.0885. The molecule has 33 heavy (non-hydrogen) atoms. The summed E-state index contributed by atoms with van der Waals surface area (Å²) in [6.07, 6.45) is 5.62. The first-order valence-electron chi connectivity index (χ1n) is 12.1. The molecule has 1 aromatic carbocycles. The van der Waals surface area contributed by atoms with Gasteiger partial charge in [0.2, 0.25) is 11.8 Å². The molecule has 2 fully saturated rings. The second-order valence-electron chi connectivity index (χ2n) is 9.09. The summed E-state index contributed by atoms with van der Waals surface area (Å²) in [7, 11) is 0. The van der Waals surface area contributed by atoms with E-state index in [0.717, 1.165) is 57.2 Å². The molecule has 0 bridgehead atoms. The van der Waals surface area contributed by atoms with E-state index in [1.165, 1.54) is 0 Å². The van der Waals surface area contributed by atoms with Crippen molar-refractivity contribution in [2.24, 2.45) is 0 Å². The number of hydrogen-bond donors (Lipinski definition) is 1. The third kappa shape index (κ3) is 4.44. The first-order valence-corrected chi connectivity index (χ1v) is 12.1. The van der Waals surface area contributed by atoms with Crippen molar-refractivity contribution in [3.8, 4) is 11.5 Å². The van der Waals surface area contributed by atoms with Crippen LogP contribution in [0, 0.1) is 0 Å². The molecule has 2 aliphatic carbocycles. The number of carbonyl (C=O) groups excluding carboxylic acids is 1. The summed E-state index contributed by atoms with van der Waals surface area (Å²) < 4.78 is 11.7. The molecule has 3 aromatic rings. The highest BCUT2D eigenvalue weighted by molar-refractivity contribution is 5.94. The Kier molecular flexibility index (Phi) is 6.01. The van der Waals surface area contributed by atoms with Crippen molar-refractivity contribution in [1.82, 2.24) is 25.3 Å². The molecular weight excluding hydrogens is 418 g/mol. The average molecular weight is 450 g/mol. The molecule has 2 aromatic heterocycles. The van der Waals surface area contributed by atoms with Crippen LogP contribution in [0.25, 0.3) is 11.5 Å². The molecular formula is C25H31N5O3. The summed E-state index contributed by atoms with van der Waals surface area (Å²) in [5, 5.41) is 7.54. The topological polar surface area (TPSA) is 97.3 Å². The predicted molar refractivity (Wildman–Crippen MR) is 122 cm³/mol. The zero-order valence-electron chi connectivity index (χ0n) is 19.3. The smallest absolute Gasteiger partial charge is 0.274 e. The highest BCUT2D eigenvalue weighted by Gasteiger charge is 2.43. The Bertz CT molecular complexity index is 1090. The van der Waals surface area contributed by atoms with Crippen LogP contribution in [0.15, 0.2) is 39.3 Å². The molecule has 0 spiro atoms. The zero-order valence-corrected chi connectivity index (χ0v) is 19.3. The second kappa shape index (κ2) is 9.09. The summed E-state index contributed by atoms with van der Waals surface area (Å²) in [6, 6.07) is 9.72. The van der Waals surface area contributed by atoms with E-state index in [1.807, 2.05) is 30.3 Å². The van der Waals surface area contributed by atoms with Crippen LogP contribution in [0.2, 0.25) is 0 Å². The van der Waals surface area contributed by atoms with Crippen LogP contribution in [-0.2, 0) is 12.1 Å². The standard InChI is InChI=1S/C25H31N5O3/c1-3-30(4-2)16-19-26-24(29-33-19)25(14-8-9-15-25)28-22(31)20-21(17-12-13-17)32-23(27-20)18-10-6-5-7-11-18/h5-7,10-11,17H,3-4,8-9,12-16H2,1-2H3,(H,28,31). The number of benzene rings is 1. The Balaban J connectivity index is 1.41. The van der Waals surface area contributed by atoms with Gasteiger partial charge in [-0.15, -0.1) is 0 Å². The molecule has 2 saturated carbocycles. The van der Waals surface area contributed by atoms with Crippen LogP contribution in [0.3, 0.4) is 0 Å². The van der Waals surface area contributed by atoms with Gasteiger partial charge in [-0.25, -0.2) is 4.98 Å². The van der Waals surface area contributed by atoms with Gasteiger partial charge in [0.1, 0.15) is 11.3 Å².